The molecule has 118 valence electrons. The number of nitrogens with one attached hydrogen (secondary N) is 1. The fourth-order valence-corrected chi connectivity index (χ4v) is 2.00. The molecular weight excluding hydrogens is 295 g/mol. The molecule has 0 saturated carbocycles. The SMILES string of the molecule is Cc1ccc(OCC(=O)N[C@@H](C#N)c2ccc(F)cc2)cc1C. The van der Waals surface area contributed by atoms with E-state index < -0.39 is 17.8 Å². The van der Waals surface area contributed by atoms with Crippen molar-refractivity contribution >= 4 is 5.91 Å². The molecule has 1 atom stereocenters. The standard InChI is InChI=1S/C18H17FN2O2/c1-12-3-8-16(9-13(12)2)23-11-18(22)21-17(10-20)14-4-6-15(19)7-5-14/h3-9,17H,11H2,1-2H3,(H,21,22)/t17-/m0/s1. The highest BCUT2D eigenvalue weighted by molar-refractivity contribution is 5.78. The molecule has 23 heavy (non-hydrogen) atoms. The summed E-state index contributed by atoms with van der Waals surface area (Å²) in [6.07, 6.45) is 0. The fourth-order valence-electron chi connectivity index (χ4n) is 2.00. The van der Waals surface area contributed by atoms with Crippen molar-refractivity contribution in [3.63, 3.8) is 0 Å². The van der Waals surface area contributed by atoms with Crippen LogP contribution in [0.5, 0.6) is 5.75 Å². The van der Waals surface area contributed by atoms with Crippen LogP contribution in [0.25, 0.3) is 0 Å². The molecule has 2 rings (SSSR count). The molecule has 0 radical (unpaired) electrons. The van der Waals surface area contributed by atoms with Crippen molar-refractivity contribution in [3.8, 4) is 11.8 Å². The number of carbonyl (C=O) groups is 1. The van der Waals surface area contributed by atoms with Gasteiger partial charge in [-0.3, -0.25) is 4.79 Å². The molecule has 5 heteroatoms. The zero-order chi connectivity index (χ0) is 16.8. The molecular formula is C18H17FN2O2. The molecule has 2 aromatic rings. The Morgan fingerprint density at radius 2 is 1.91 bits per heavy atom. The summed E-state index contributed by atoms with van der Waals surface area (Å²) in [6.45, 7) is 3.76. The second kappa shape index (κ2) is 7.41. The summed E-state index contributed by atoms with van der Waals surface area (Å²) >= 11 is 0. The summed E-state index contributed by atoms with van der Waals surface area (Å²) in [5.74, 6) is -0.215. The van der Waals surface area contributed by atoms with Gasteiger partial charge in [0.2, 0.25) is 0 Å². The average Bonchev–Trinajstić information content (AvgIpc) is 2.54. The molecule has 1 amide bonds. The van der Waals surface area contributed by atoms with Gasteiger partial charge in [-0.25, -0.2) is 4.39 Å². The summed E-state index contributed by atoms with van der Waals surface area (Å²) in [4.78, 5) is 11.9. The highest BCUT2D eigenvalue weighted by atomic mass is 19.1. The maximum Gasteiger partial charge on any atom is 0.259 e. The first-order chi connectivity index (χ1) is 11.0. The summed E-state index contributed by atoms with van der Waals surface area (Å²) in [6, 6.07) is 12.1. The van der Waals surface area contributed by atoms with Crippen LogP contribution in [-0.2, 0) is 4.79 Å². The molecule has 0 heterocycles. The number of rotatable bonds is 5. The Hall–Kier alpha value is -2.87. The summed E-state index contributed by atoms with van der Waals surface area (Å²) in [5, 5.41) is 11.7. The van der Waals surface area contributed by atoms with Crippen LogP contribution in [0.4, 0.5) is 4.39 Å². The van der Waals surface area contributed by atoms with Crippen molar-refractivity contribution in [3.05, 3.63) is 65.0 Å². The van der Waals surface area contributed by atoms with Gasteiger partial charge < -0.3 is 10.1 Å². The van der Waals surface area contributed by atoms with Gasteiger partial charge in [0.1, 0.15) is 17.6 Å². The molecule has 0 unspecified atom stereocenters. The minimum atomic E-state index is -0.841. The van der Waals surface area contributed by atoms with E-state index in [-0.39, 0.29) is 6.61 Å². The number of benzene rings is 2. The number of hydrogen-bond acceptors (Lipinski definition) is 3. The number of aryl methyl sites for hydroxylation is 2. The molecule has 1 N–H and O–H groups in total. The molecule has 2 aromatic carbocycles. The predicted molar refractivity (Wildman–Crippen MR) is 84.3 cm³/mol. The quantitative estimate of drug-likeness (QED) is 0.922. The molecule has 0 saturated heterocycles. The predicted octanol–water partition coefficient (Wildman–Crippen LogP) is 3.20. The normalized spacial score (nSPS) is 11.4. The largest absolute Gasteiger partial charge is 0.484 e. The van der Waals surface area contributed by atoms with E-state index in [1.807, 2.05) is 32.0 Å². The molecule has 0 aliphatic heterocycles. The van der Waals surface area contributed by atoms with Gasteiger partial charge in [0, 0.05) is 0 Å². The monoisotopic (exact) mass is 312 g/mol. The topological polar surface area (TPSA) is 62.1 Å². The lowest BCUT2D eigenvalue weighted by Gasteiger charge is -2.13. The van der Waals surface area contributed by atoms with Crippen LogP contribution in [0.3, 0.4) is 0 Å². The first kappa shape index (κ1) is 16.5. The van der Waals surface area contributed by atoms with Crippen molar-refractivity contribution in [2.45, 2.75) is 19.9 Å². The maximum atomic E-state index is 12.9. The molecule has 0 bridgehead atoms. The van der Waals surface area contributed by atoms with Crippen LogP contribution in [0.1, 0.15) is 22.7 Å². The lowest BCUT2D eigenvalue weighted by Crippen LogP contribution is -2.32. The van der Waals surface area contributed by atoms with Crippen molar-refractivity contribution in [1.82, 2.24) is 5.32 Å². The molecule has 0 aliphatic carbocycles. The summed E-state index contributed by atoms with van der Waals surface area (Å²) in [5.41, 5.74) is 2.74. The van der Waals surface area contributed by atoms with Crippen molar-refractivity contribution in [1.29, 1.82) is 5.26 Å². The molecule has 0 spiro atoms. The van der Waals surface area contributed by atoms with Gasteiger partial charge in [0.15, 0.2) is 6.61 Å². The van der Waals surface area contributed by atoms with E-state index in [4.69, 9.17) is 10.00 Å². The van der Waals surface area contributed by atoms with E-state index in [0.717, 1.165) is 11.1 Å². The van der Waals surface area contributed by atoms with Gasteiger partial charge in [0.25, 0.3) is 5.91 Å². The van der Waals surface area contributed by atoms with Gasteiger partial charge in [-0.2, -0.15) is 5.26 Å². The van der Waals surface area contributed by atoms with E-state index >= 15 is 0 Å². The zero-order valence-electron chi connectivity index (χ0n) is 13.0. The van der Waals surface area contributed by atoms with Crippen molar-refractivity contribution < 1.29 is 13.9 Å². The van der Waals surface area contributed by atoms with Crippen molar-refractivity contribution in [2.75, 3.05) is 6.61 Å². The first-order valence-corrected chi connectivity index (χ1v) is 7.14. The fraction of sp³-hybridized carbons (Fsp3) is 0.222. The van der Waals surface area contributed by atoms with E-state index in [2.05, 4.69) is 5.32 Å². The van der Waals surface area contributed by atoms with Crippen LogP contribution in [-0.4, -0.2) is 12.5 Å². The smallest absolute Gasteiger partial charge is 0.259 e. The van der Waals surface area contributed by atoms with Crippen LogP contribution in [0, 0.1) is 31.0 Å². The second-order valence-electron chi connectivity index (χ2n) is 5.22. The number of ether oxygens (including phenoxy) is 1. The molecule has 4 nitrogen and oxygen atoms in total. The number of carbonyl (C=O) groups excluding carboxylic acids is 1. The second-order valence-corrected chi connectivity index (χ2v) is 5.22. The highest BCUT2D eigenvalue weighted by Crippen LogP contribution is 2.16. The Morgan fingerprint density at radius 1 is 1.22 bits per heavy atom. The number of nitriles is 1. The van der Waals surface area contributed by atoms with E-state index in [9.17, 15) is 9.18 Å². The Kier molecular flexibility index (Phi) is 5.32. The average molecular weight is 312 g/mol. The summed E-state index contributed by atoms with van der Waals surface area (Å²) in [7, 11) is 0. The number of nitrogens with zero attached hydrogens (tertiary/aromatic N) is 1. The Bertz CT molecular complexity index is 736. The lowest BCUT2D eigenvalue weighted by molar-refractivity contribution is -0.123. The Labute approximate surface area is 134 Å². The van der Waals surface area contributed by atoms with E-state index in [1.54, 1.807) is 6.07 Å². The van der Waals surface area contributed by atoms with Crippen LogP contribution < -0.4 is 10.1 Å². The van der Waals surface area contributed by atoms with Gasteiger partial charge in [-0.05, 0) is 54.8 Å². The first-order valence-electron chi connectivity index (χ1n) is 7.14. The molecule has 0 aromatic heterocycles. The maximum absolute atomic E-state index is 12.9. The minimum absolute atomic E-state index is 0.193. The Morgan fingerprint density at radius 3 is 2.52 bits per heavy atom. The van der Waals surface area contributed by atoms with Gasteiger partial charge in [0.05, 0.1) is 6.07 Å². The highest BCUT2D eigenvalue weighted by Gasteiger charge is 2.14. The van der Waals surface area contributed by atoms with Gasteiger partial charge in [-0.15, -0.1) is 0 Å². The third kappa shape index (κ3) is 4.55. The van der Waals surface area contributed by atoms with Gasteiger partial charge >= 0.3 is 0 Å². The molecule has 0 fully saturated rings. The minimum Gasteiger partial charge on any atom is -0.484 e. The third-order valence-corrected chi connectivity index (χ3v) is 3.49. The Balaban J connectivity index is 1.93. The van der Waals surface area contributed by atoms with E-state index in [0.29, 0.717) is 11.3 Å². The van der Waals surface area contributed by atoms with Crippen LogP contribution in [0.2, 0.25) is 0 Å². The lowest BCUT2D eigenvalue weighted by atomic mass is 10.1. The van der Waals surface area contributed by atoms with Crippen LogP contribution in [0.15, 0.2) is 42.5 Å². The van der Waals surface area contributed by atoms with Gasteiger partial charge in [-0.1, -0.05) is 18.2 Å². The third-order valence-electron chi connectivity index (χ3n) is 3.49. The van der Waals surface area contributed by atoms with E-state index in [1.165, 1.54) is 24.3 Å². The number of amides is 1. The summed E-state index contributed by atoms with van der Waals surface area (Å²) < 4.78 is 18.3. The number of hydrogen-bond donors (Lipinski definition) is 1. The molecule has 0 aliphatic rings. The van der Waals surface area contributed by atoms with Crippen LogP contribution >= 0.6 is 0 Å². The zero-order valence-corrected chi connectivity index (χ0v) is 13.0. The van der Waals surface area contributed by atoms with Crippen molar-refractivity contribution in [2.24, 2.45) is 0 Å². The number of halogens is 1.